The number of methoxy groups -OCH3 is 5. The molecule has 0 bridgehead atoms. The molecule has 0 unspecified atom stereocenters. The van der Waals surface area contributed by atoms with Crippen LogP contribution in [0, 0.1) is 0 Å². The highest BCUT2D eigenvalue weighted by atomic mass is 16.5. The molecule has 0 aliphatic rings. The van der Waals surface area contributed by atoms with E-state index in [1.165, 1.54) is 88.8 Å². The summed E-state index contributed by atoms with van der Waals surface area (Å²) < 4.78 is 26.4. The first-order valence-corrected chi connectivity index (χ1v) is 32.8. The van der Waals surface area contributed by atoms with Crippen LogP contribution in [-0.2, 0) is 32.1 Å². The summed E-state index contributed by atoms with van der Waals surface area (Å²) in [6.07, 6.45) is 17.1. The van der Waals surface area contributed by atoms with E-state index in [0.717, 1.165) is 126 Å². The molecule has 5 heterocycles. The van der Waals surface area contributed by atoms with Gasteiger partial charge in [0.1, 0.15) is 28.7 Å². The van der Waals surface area contributed by atoms with E-state index in [2.05, 4.69) is 225 Å². The molecular weight excluding hydrogens is 1120 g/mol. The lowest BCUT2D eigenvalue weighted by Crippen LogP contribution is -2.32. The Bertz CT molecular complexity index is 3560. The van der Waals surface area contributed by atoms with Gasteiger partial charge in [0.25, 0.3) is 0 Å². The number of H-pyrrole nitrogens is 5. The zero-order chi connectivity index (χ0) is 65.1. The molecule has 0 spiro atoms. The summed E-state index contributed by atoms with van der Waals surface area (Å²) in [5.74, 6) is 4.60. The van der Waals surface area contributed by atoms with Gasteiger partial charge in [-0.15, -0.1) is 0 Å². The number of likely N-dealkylation sites (N-methyl/N-ethyl adjacent to an activating group) is 5. The average Bonchev–Trinajstić information content (AvgIpc) is 2.30. The summed E-state index contributed by atoms with van der Waals surface area (Å²) in [5, 5.41) is 6.38. The number of hydrogen-bond acceptors (Lipinski definition) is 10. The molecule has 0 fully saturated rings. The fourth-order valence-electron chi connectivity index (χ4n) is 11.1. The van der Waals surface area contributed by atoms with Crippen molar-refractivity contribution in [3.63, 3.8) is 0 Å². The van der Waals surface area contributed by atoms with Crippen molar-refractivity contribution in [2.45, 2.75) is 113 Å². The first-order valence-electron chi connectivity index (χ1n) is 32.8. The molecule has 0 aliphatic heterocycles. The van der Waals surface area contributed by atoms with Crippen LogP contribution in [0.2, 0.25) is 0 Å². The van der Waals surface area contributed by atoms with Crippen LogP contribution in [0.25, 0.3) is 54.5 Å². The predicted molar refractivity (Wildman–Crippen MR) is 382 cm³/mol. The SMILES string of the molecule is CCCN(C)CCc1c[nH]c2ccc(OC)cc12.CCN(C)CCc1c[nH]c2ccc(OC)cc12.CCN(CC)CCc1c[nH]c2ccc(OC)cc12.CCN(CCc1c[nH]c2ccc(OC)cc12)C(C)C.COc1ccc2[nH]cc(CCN(C)C(C)C)c2c1. The van der Waals surface area contributed by atoms with E-state index in [0.29, 0.717) is 12.1 Å². The molecule has 0 radical (unpaired) electrons. The molecule has 10 aromatic rings. The molecule has 5 N–H and O–H groups in total. The van der Waals surface area contributed by atoms with Crippen LogP contribution in [0.15, 0.2) is 122 Å². The first-order chi connectivity index (χ1) is 43.5. The number of aromatic amines is 5. The zero-order valence-corrected chi connectivity index (χ0v) is 57.8. The fourth-order valence-corrected chi connectivity index (χ4v) is 11.1. The number of nitrogens with one attached hydrogen (secondary N) is 5. The standard InChI is InChI=1S/C16H24N2O.3C15H22N2O.C14H20N2O/c1-5-18(12(2)3)9-8-13-11-17-16-7-6-14(19-4)10-15(13)16;1-11(2)17(3)8-7-12-10-16-15-6-5-13(18-4)9-14(12)15;1-4-8-17(2)9-7-12-11-16-15-6-5-13(18-3)10-14(12)15;1-4-17(5-2)9-8-12-11-16-15-7-6-13(18-3)10-14(12)15;1-4-16(2)8-7-11-10-15-14-6-5-12(17-3)9-13(11)14/h6-7,10-12,17H,5,8-9H2,1-4H3;5-6,9-11,16H,7-8H2,1-4H3;5-6,10-11,16H,4,7-9H2,1-3H3;6-7,10-11,16H,4-5,8-9H2,1-3H3;5-6,9-10,15H,4,7-8H2,1-3H3. The Kier molecular flexibility index (Phi) is 29.5. The molecule has 90 heavy (non-hydrogen) atoms. The molecule has 0 aliphatic carbocycles. The second-order valence-corrected chi connectivity index (χ2v) is 23.9. The largest absolute Gasteiger partial charge is 0.497 e. The maximum absolute atomic E-state index is 5.31. The van der Waals surface area contributed by atoms with Gasteiger partial charge in [-0.25, -0.2) is 0 Å². The monoisotopic (exact) mass is 1230 g/mol. The number of fused-ring (bicyclic) bond motifs is 5. The number of rotatable bonds is 28. The van der Waals surface area contributed by atoms with Crippen LogP contribution in [0.3, 0.4) is 0 Å². The Morgan fingerprint density at radius 3 is 0.900 bits per heavy atom. The van der Waals surface area contributed by atoms with E-state index >= 15 is 0 Å². The van der Waals surface area contributed by atoms with E-state index in [9.17, 15) is 0 Å². The van der Waals surface area contributed by atoms with Crippen LogP contribution in [0.5, 0.6) is 28.7 Å². The quantitative estimate of drug-likeness (QED) is 0.0322. The van der Waals surface area contributed by atoms with E-state index < -0.39 is 0 Å². The lowest BCUT2D eigenvalue weighted by atomic mass is 10.1. The molecule has 0 saturated heterocycles. The number of benzene rings is 5. The molecule has 10 rings (SSSR count). The maximum Gasteiger partial charge on any atom is 0.119 e. The highest BCUT2D eigenvalue weighted by molar-refractivity contribution is 5.87. The van der Waals surface area contributed by atoms with Gasteiger partial charge in [-0.05, 0) is 239 Å². The van der Waals surface area contributed by atoms with Crippen LogP contribution >= 0.6 is 0 Å². The minimum atomic E-state index is 0.588. The zero-order valence-electron chi connectivity index (χ0n) is 57.8. The molecule has 0 amide bonds. The molecule has 5 aromatic heterocycles. The second-order valence-electron chi connectivity index (χ2n) is 23.9. The van der Waals surface area contributed by atoms with Crippen LogP contribution in [-0.4, -0.2) is 184 Å². The second kappa shape index (κ2) is 37.1. The third kappa shape index (κ3) is 20.8. The number of nitrogens with zero attached hydrogens (tertiary/aromatic N) is 5. The van der Waals surface area contributed by atoms with E-state index in [1.54, 1.807) is 35.5 Å². The Hall–Kier alpha value is -7.40. The summed E-state index contributed by atoms with van der Waals surface area (Å²) in [7, 11) is 15.0. The van der Waals surface area contributed by atoms with Gasteiger partial charge in [-0.2, -0.15) is 0 Å². The summed E-state index contributed by atoms with van der Waals surface area (Å²) in [4.78, 5) is 28.6. The van der Waals surface area contributed by atoms with Gasteiger partial charge >= 0.3 is 0 Å². The van der Waals surface area contributed by atoms with Gasteiger partial charge in [-0.1, -0.05) is 34.6 Å². The molecule has 15 heteroatoms. The van der Waals surface area contributed by atoms with E-state index in [-0.39, 0.29) is 0 Å². The minimum absolute atomic E-state index is 0.588. The van der Waals surface area contributed by atoms with Gasteiger partial charge in [-0.3, -0.25) is 0 Å². The van der Waals surface area contributed by atoms with Crippen molar-refractivity contribution < 1.29 is 23.7 Å². The van der Waals surface area contributed by atoms with Crippen LogP contribution < -0.4 is 23.7 Å². The van der Waals surface area contributed by atoms with Crippen molar-refractivity contribution in [3.8, 4) is 28.7 Å². The van der Waals surface area contributed by atoms with Crippen LogP contribution in [0.4, 0.5) is 0 Å². The van der Waals surface area contributed by atoms with Gasteiger partial charge < -0.3 is 73.1 Å². The first kappa shape index (κ1) is 71.7. The summed E-state index contributed by atoms with van der Waals surface area (Å²) >= 11 is 0. The number of hydrogen-bond donors (Lipinski definition) is 5. The average molecular weight is 1230 g/mol. The van der Waals surface area contributed by atoms with Crippen molar-refractivity contribution in [3.05, 3.63) is 150 Å². The molecule has 490 valence electrons. The van der Waals surface area contributed by atoms with Crippen LogP contribution in [0.1, 0.15) is 96.6 Å². The Balaban J connectivity index is 0.000000179. The Morgan fingerprint density at radius 1 is 0.333 bits per heavy atom. The van der Waals surface area contributed by atoms with Gasteiger partial charge in [0.2, 0.25) is 0 Å². The molecule has 0 saturated carbocycles. The van der Waals surface area contributed by atoms with E-state index in [4.69, 9.17) is 23.7 Å². The highest BCUT2D eigenvalue weighted by Gasteiger charge is 2.13. The molecule has 5 aromatic carbocycles. The topological polar surface area (TPSA) is 141 Å². The molecule has 15 nitrogen and oxygen atoms in total. The third-order valence-electron chi connectivity index (χ3n) is 17.6. The number of ether oxygens (including phenoxy) is 5. The third-order valence-corrected chi connectivity index (χ3v) is 17.6. The predicted octanol–water partition coefficient (Wildman–Crippen LogP) is 15.3. The van der Waals surface area contributed by atoms with Crippen molar-refractivity contribution >= 4 is 54.5 Å². The molecule has 0 atom stereocenters. The fraction of sp³-hybridized carbons (Fsp3) is 0.467. The minimum Gasteiger partial charge on any atom is -0.497 e. The van der Waals surface area contributed by atoms with E-state index in [1.807, 2.05) is 30.3 Å². The normalized spacial score (nSPS) is 11.5. The van der Waals surface area contributed by atoms with Gasteiger partial charge in [0.05, 0.1) is 35.5 Å². The highest BCUT2D eigenvalue weighted by Crippen LogP contribution is 2.29. The van der Waals surface area contributed by atoms with Crippen molar-refractivity contribution in [1.29, 1.82) is 0 Å². The van der Waals surface area contributed by atoms with Gasteiger partial charge in [0, 0.05) is 130 Å². The van der Waals surface area contributed by atoms with Gasteiger partial charge in [0.15, 0.2) is 0 Å². The van der Waals surface area contributed by atoms with Crippen molar-refractivity contribution in [2.75, 3.05) is 122 Å². The summed E-state index contributed by atoms with van der Waals surface area (Å²) in [5.41, 5.74) is 12.7. The van der Waals surface area contributed by atoms with Crippen molar-refractivity contribution in [1.82, 2.24) is 49.4 Å². The Morgan fingerprint density at radius 2 is 0.633 bits per heavy atom. The Labute approximate surface area is 538 Å². The maximum atomic E-state index is 5.31. The lowest BCUT2D eigenvalue weighted by Gasteiger charge is -2.24. The van der Waals surface area contributed by atoms with Crippen molar-refractivity contribution in [2.24, 2.45) is 0 Å². The molecular formula is C75H110N10O5. The lowest BCUT2D eigenvalue weighted by molar-refractivity contribution is 0.237. The number of aromatic nitrogens is 5. The summed E-state index contributed by atoms with van der Waals surface area (Å²) in [6.45, 7) is 31.0. The summed E-state index contributed by atoms with van der Waals surface area (Å²) in [6, 6.07) is 32.1. The smallest absolute Gasteiger partial charge is 0.119 e.